The summed E-state index contributed by atoms with van der Waals surface area (Å²) in [6.07, 6.45) is 5.22. The van der Waals surface area contributed by atoms with E-state index in [4.69, 9.17) is 9.72 Å². The summed E-state index contributed by atoms with van der Waals surface area (Å²) in [7, 11) is 2.18. The minimum Gasteiger partial charge on any atom is -0.493 e. The van der Waals surface area contributed by atoms with Crippen molar-refractivity contribution in [1.29, 1.82) is 0 Å². The smallest absolute Gasteiger partial charge is 0.132 e. The van der Waals surface area contributed by atoms with Crippen LogP contribution in [-0.2, 0) is 6.42 Å². The summed E-state index contributed by atoms with van der Waals surface area (Å²) in [5, 5.41) is 0. The number of benzene rings is 1. The molecule has 1 fully saturated rings. The summed E-state index contributed by atoms with van der Waals surface area (Å²) in [6.45, 7) is 3.04. The predicted octanol–water partition coefficient (Wildman–Crippen LogP) is 3.37. The standard InChI is InChI=1S/C20H22N4O/c1-24-7-4-13(5-8-24)20-21-12-18-17(23-20)11-16(22-18)14-2-3-19-15(10-14)6-9-25-19/h2-3,10-13,22H,4-9H2,1H3. The third kappa shape index (κ3) is 2.68. The number of H-pyrrole nitrogens is 1. The molecule has 0 spiro atoms. The number of likely N-dealkylation sites (tertiary alicyclic amines) is 1. The second-order valence-corrected chi connectivity index (χ2v) is 7.21. The first kappa shape index (κ1) is 14.9. The number of aromatic nitrogens is 3. The van der Waals surface area contributed by atoms with Gasteiger partial charge in [0.25, 0.3) is 0 Å². The van der Waals surface area contributed by atoms with Gasteiger partial charge >= 0.3 is 0 Å². The Morgan fingerprint density at radius 3 is 2.96 bits per heavy atom. The second-order valence-electron chi connectivity index (χ2n) is 7.21. The summed E-state index contributed by atoms with van der Waals surface area (Å²) in [5.41, 5.74) is 5.58. The van der Waals surface area contributed by atoms with Gasteiger partial charge in [0.1, 0.15) is 11.6 Å². The van der Waals surface area contributed by atoms with Crippen LogP contribution in [0.25, 0.3) is 22.3 Å². The Morgan fingerprint density at radius 2 is 2.08 bits per heavy atom. The highest BCUT2D eigenvalue weighted by Gasteiger charge is 2.21. The Balaban J connectivity index is 1.47. The highest BCUT2D eigenvalue weighted by atomic mass is 16.5. The van der Waals surface area contributed by atoms with Crippen LogP contribution in [0.5, 0.6) is 5.75 Å². The van der Waals surface area contributed by atoms with E-state index in [0.29, 0.717) is 5.92 Å². The molecule has 2 aliphatic heterocycles. The van der Waals surface area contributed by atoms with Crippen LogP contribution in [0.15, 0.2) is 30.5 Å². The van der Waals surface area contributed by atoms with Crippen LogP contribution in [0.4, 0.5) is 0 Å². The van der Waals surface area contributed by atoms with Crippen LogP contribution in [-0.4, -0.2) is 46.6 Å². The maximum absolute atomic E-state index is 5.60. The van der Waals surface area contributed by atoms with Gasteiger partial charge in [-0.3, -0.25) is 0 Å². The van der Waals surface area contributed by atoms with Crippen molar-refractivity contribution in [2.24, 2.45) is 0 Å². The van der Waals surface area contributed by atoms with Crippen LogP contribution in [0.1, 0.15) is 30.1 Å². The number of piperidine rings is 1. The average molecular weight is 334 g/mol. The molecule has 25 heavy (non-hydrogen) atoms. The van der Waals surface area contributed by atoms with Crippen molar-refractivity contribution in [3.05, 3.63) is 41.9 Å². The third-order valence-corrected chi connectivity index (χ3v) is 5.47. The van der Waals surface area contributed by atoms with Crippen LogP contribution < -0.4 is 4.74 Å². The molecule has 0 amide bonds. The Morgan fingerprint density at radius 1 is 1.20 bits per heavy atom. The lowest BCUT2D eigenvalue weighted by Crippen LogP contribution is -2.29. The van der Waals surface area contributed by atoms with Crippen molar-refractivity contribution in [1.82, 2.24) is 19.9 Å². The van der Waals surface area contributed by atoms with Crippen LogP contribution in [0, 0.1) is 0 Å². The first-order valence-electron chi connectivity index (χ1n) is 9.06. The van der Waals surface area contributed by atoms with E-state index < -0.39 is 0 Å². The molecule has 2 aromatic heterocycles. The van der Waals surface area contributed by atoms with Crippen LogP contribution in [0.2, 0.25) is 0 Å². The molecule has 3 aromatic rings. The second kappa shape index (κ2) is 5.85. The highest BCUT2D eigenvalue weighted by Crippen LogP contribution is 2.32. The van der Waals surface area contributed by atoms with E-state index >= 15 is 0 Å². The topological polar surface area (TPSA) is 54.0 Å². The van der Waals surface area contributed by atoms with Gasteiger partial charge in [-0.25, -0.2) is 9.97 Å². The Kier molecular flexibility index (Phi) is 3.48. The van der Waals surface area contributed by atoms with E-state index in [1.807, 2.05) is 6.20 Å². The summed E-state index contributed by atoms with van der Waals surface area (Å²) in [4.78, 5) is 15.3. The monoisotopic (exact) mass is 334 g/mol. The molecule has 0 atom stereocenters. The number of aromatic amines is 1. The van der Waals surface area contributed by atoms with Crippen LogP contribution in [0.3, 0.4) is 0 Å². The van der Waals surface area contributed by atoms with Crippen molar-refractivity contribution < 1.29 is 4.74 Å². The van der Waals surface area contributed by atoms with Crippen molar-refractivity contribution in [3.8, 4) is 17.0 Å². The molecular formula is C20H22N4O. The zero-order valence-electron chi connectivity index (χ0n) is 14.5. The van der Waals surface area contributed by atoms with E-state index in [0.717, 1.165) is 67.3 Å². The summed E-state index contributed by atoms with van der Waals surface area (Å²) >= 11 is 0. The molecule has 0 saturated carbocycles. The van der Waals surface area contributed by atoms with Gasteiger partial charge in [0, 0.05) is 18.0 Å². The normalized spacial score (nSPS) is 18.4. The van der Waals surface area contributed by atoms with E-state index in [9.17, 15) is 0 Å². The van der Waals surface area contributed by atoms with Gasteiger partial charge in [0.15, 0.2) is 0 Å². The Bertz CT molecular complexity index is 925. The van der Waals surface area contributed by atoms with E-state index in [1.54, 1.807) is 0 Å². The van der Waals surface area contributed by atoms with E-state index in [1.165, 1.54) is 11.1 Å². The number of nitrogens with zero attached hydrogens (tertiary/aromatic N) is 3. The molecule has 5 nitrogen and oxygen atoms in total. The van der Waals surface area contributed by atoms with Crippen molar-refractivity contribution in [2.45, 2.75) is 25.2 Å². The Labute approximate surface area is 147 Å². The molecule has 5 heteroatoms. The third-order valence-electron chi connectivity index (χ3n) is 5.47. The quantitative estimate of drug-likeness (QED) is 0.781. The molecule has 0 radical (unpaired) electrons. The van der Waals surface area contributed by atoms with Crippen molar-refractivity contribution in [2.75, 3.05) is 26.7 Å². The van der Waals surface area contributed by atoms with Gasteiger partial charge in [-0.05, 0) is 68.4 Å². The average Bonchev–Trinajstić information content (AvgIpc) is 3.27. The molecule has 0 unspecified atom stereocenters. The largest absolute Gasteiger partial charge is 0.493 e. The molecule has 1 aromatic carbocycles. The molecule has 2 aliphatic rings. The van der Waals surface area contributed by atoms with Gasteiger partial charge < -0.3 is 14.6 Å². The lowest BCUT2D eigenvalue weighted by Gasteiger charge is -2.27. The SMILES string of the molecule is CN1CCC(c2ncc3[nH]c(-c4ccc5c(c4)CCO5)cc3n2)CC1. The highest BCUT2D eigenvalue weighted by molar-refractivity contribution is 5.82. The Hall–Kier alpha value is -2.40. The lowest BCUT2D eigenvalue weighted by molar-refractivity contribution is 0.251. The molecule has 128 valence electrons. The van der Waals surface area contributed by atoms with Gasteiger partial charge in [-0.15, -0.1) is 0 Å². The summed E-state index contributed by atoms with van der Waals surface area (Å²) < 4.78 is 5.60. The number of hydrogen-bond donors (Lipinski definition) is 1. The molecule has 1 N–H and O–H groups in total. The van der Waals surface area contributed by atoms with Crippen molar-refractivity contribution >= 4 is 11.0 Å². The zero-order valence-corrected chi connectivity index (χ0v) is 14.5. The number of fused-ring (bicyclic) bond motifs is 2. The van der Waals surface area contributed by atoms with Gasteiger partial charge in [0.2, 0.25) is 0 Å². The van der Waals surface area contributed by atoms with Crippen molar-refractivity contribution in [3.63, 3.8) is 0 Å². The number of ether oxygens (including phenoxy) is 1. The number of hydrogen-bond acceptors (Lipinski definition) is 4. The zero-order chi connectivity index (χ0) is 16.8. The molecule has 0 aliphatic carbocycles. The fourth-order valence-electron chi connectivity index (χ4n) is 3.91. The van der Waals surface area contributed by atoms with Gasteiger partial charge in [-0.1, -0.05) is 0 Å². The van der Waals surface area contributed by atoms with Gasteiger partial charge in [-0.2, -0.15) is 0 Å². The van der Waals surface area contributed by atoms with E-state index in [2.05, 4.69) is 46.2 Å². The van der Waals surface area contributed by atoms with Gasteiger partial charge in [0.05, 0.1) is 23.8 Å². The fourth-order valence-corrected chi connectivity index (χ4v) is 3.91. The summed E-state index contributed by atoms with van der Waals surface area (Å²) in [6, 6.07) is 8.55. The first-order valence-corrected chi connectivity index (χ1v) is 9.06. The molecule has 4 heterocycles. The minimum absolute atomic E-state index is 0.482. The fraction of sp³-hybridized carbons (Fsp3) is 0.400. The maximum Gasteiger partial charge on any atom is 0.132 e. The maximum atomic E-state index is 5.60. The van der Waals surface area contributed by atoms with E-state index in [-0.39, 0.29) is 0 Å². The lowest BCUT2D eigenvalue weighted by atomic mass is 9.96. The number of rotatable bonds is 2. The summed E-state index contributed by atoms with van der Waals surface area (Å²) in [5.74, 6) is 2.49. The van der Waals surface area contributed by atoms with Crippen LogP contribution >= 0.6 is 0 Å². The minimum atomic E-state index is 0.482. The predicted molar refractivity (Wildman–Crippen MR) is 98.0 cm³/mol. The molecule has 0 bridgehead atoms. The number of nitrogens with one attached hydrogen (secondary N) is 1. The molecule has 1 saturated heterocycles. The first-order chi connectivity index (χ1) is 12.3. The molecular weight excluding hydrogens is 312 g/mol. The molecule has 5 rings (SSSR count).